The van der Waals surface area contributed by atoms with E-state index in [0.29, 0.717) is 39.2 Å². The van der Waals surface area contributed by atoms with Crippen LogP contribution in [0.2, 0.25) is 0 Å². The van der Waals surface area contributed by atoms with Gasteiger partial charge in [-0.2, -0.15) is 0 Å². The SMILES string of the molecule is [2H]C([2H])([2H])c1c[c-]c(-c2ccc(C([2H])([2H])C(C)(C)C)cn2)cc1.[2H]C([2H])([2H])c1cnc(-c2[c-]ccc3c2oc2c3ccc3ccc4c5ccccc5oc4c32)cc1C([2H])([2H])C(C)(C)C.[Ir]. The summed E-state index contributed by atoms with van der Waals surface area (Å²) in [6, 6.07) is 35.7. The van der Waals surface area contributed by atoms with Gasteiger partial charge in [-0.3, -0.25) is 0 Å². The molecule has 0 aliphatic rings. The van der Waals surface area contributed by atoms with E-state index in [1.54, 1.807) is 57.2 Å². The van der Waals surface area contributed by atoms with Crippen LogP contribution in [-0.2, 0) is 32.9 Å². The summed E-state index contributed by atoms with van der Waals surface area (Å²) in [6.45, 7) is 6.15. The van der Waals surface area contributed by atoms with Gasteiger partial charge in [-0.15, -0.1) is 53.6 Å². The second-order valence-electron chi connectivity index (χ2n) is 15.6. The second kappa shape index (κ2) is 14.9. The quantitative estimate of drug-likeness (QED) is 0.165. The van der Waals surface area contributed by atoms with Crippen LogP contribution in [0.1, 0.15) is 77.5 Å². The van der Waals surface area contributed by atoms with E-state index in [-0.39, 0.29) is 36.8 Å². The molecule has 0 aliphatic carbocycles. The van der Waals surface area contributed by atoms with Gasteiger partial charge >= 0.3 is 0 Å². The predicted octanol–water partition coefficient (Wildman–Crippen LogP) is 13.8. The Morgan fingerprint density at radius 1 is 0.673 bits per heavy atom. The number of pyridine rings is 2. The van der Waals surface area contributed by atoms with E-state index in [1.807, 2.05) is 57.2 Å². The van der Waals surface area contributed by atoms with Crippen LogP contribution >= 0.6 is 0 Å². The molecule has 55 heavy (non-hydrogen) atoms. The molecule has 5 heteroatoms. The average molecular weight is 909 g/mol. The Labute approximate surface area is 351 Å². The molecular weight excluding hydrogens is 853 g/mol. The van der Waals surface area contributed by atoms with Crippen LogP contribution in [0, 0.1) is 36.7 Å². The fourth-order valence-corrected chi connectivity index (χ4v) is 6.72. The van der Waals surface area contributed by atoms with Crippen molar-refractivity contribution in [2.75, 3.05) is 0 Å². The molecule has 9 rings (SSSR count). The first-order valence-electron chi connectivity index (χ1n) is 22.9. The first kappa shape index (κ1) is 27.5. The zero-order valence-corrected chi connectivity index (χ0v) is 33.8. The Morgan fingerprint density at radius 3 is 2.09 bits per heavy atom. The maximum Gasteiger partial charge on any atom is 0.146 e. The molecule has 4 aromatic heterocycles. The smallest absolute Gasteiger partial charge is 0.146 e. The number of hydrogen-bond acceptors (Lipinski definition) is 4. The largest absolute Gasteiger partial charge is 0.500 e. The molecule has 0 N–H and O–H groups in total. The molecule has 0 saturated heterocycles. The summed E-state index contributed by atoms with van der Waals surface area (Å²) in [4.78, 5) is 8.81. The summed E-state index contributed by atoms with van der Waals surface area (Å²) < 4.78 is 93.5. The minimum absolute atomic E-state index is 0. The summed E-state index contributed by atoms with van der Waals surface area (Å²) in [5, 5.41) is 5.64. The van der Waals surface area contributed by atoms with Crippen LogP contribution in [0.4, 0.5) is 0 Å². The third-order valence-corrected chi connectivity index (χ3v) is 8.97. The zero-order chi connectivity index (χ0) is 46.4. The van der Waals surface area contributed by atoms with Crippen molar-refractivity contribution in [2.45, 2.75) is 68.0 Å². The van der Waals surface area contributed by atoms with Crippen LogP contribution in [0.5, 0.6) is 0 Å². The molecule has 0 fully saturated rings. The van der Waals surface area contributed by atoms with Crippen molar-refractivity contribution >= 4 is 54.6 Å². The number of aryl methyl sites for hydroxylation is 2. The molecule has 0 amide bonds. The first-order valence-corrected chi connectivity index (χ1v) is 17.9. The van der Waals surface area contributed by atoms with E-state index in [4.69, 9.17) is 22.5 Å². The third-order valence-electron chi connectivity index (χ3n) is 8.97. The van der Waals surface area contributed by atoms with Crippen LogP contribution in [0.3, 0.4) is 0 Å². The molecule has 4 heterocycles. The summed E-state index contributed by atoms with van der Waals surface area (Å²) in [5.41, 5.74) is 4.35. The maximum atomic E-state index is 8.91. The number of benzene rings is 5. The minimum atomic E-state index is -2.52. The molecule has 4 nitrogen and oxygen atoms in total. The normalized spacial score (nSPS) is 15.7. The predicted molar refractivity (Wildman–Crippen MR) is 225 cm³/mol. The van der Waals surface area contributed by atoms with Gasteiger partial charge in [0.05, 0.1) is 11.0 Å². The molecule has 0 bridgehead atoms. The summed E-state index contributed by atoms with van der Waals surface area (Å²) in [7, 11) is 0. The maximum absolute atomic E-state index is 8.91. The van der Waals surface area contributed by atoms with Gasteiger partial charge < -0.3 is 18.8 Å². The molecule has 0 aliphatic heterocycles. The van der Waals surface area contributed by atoms with Crippen LogP contribution < -0.4 is 0 Å². The van der Waals surface area contributed by atoms with Gasteiger partial charge in [0.1, 0.15) is 16.7 Å². The Bertz CT molecular complexity index is 3210. The number of rotatable bonds is 4. The molecule has 0 atom stereocenters. The van der Waals surface area contributed by atoms with Gasteiger partial charge in [0, 0.05) is 62.4 Å². The molecule has 5 aromatic carbocycles. The minimum Gasteiger partial charge on any atom is -0.500 e. The Hall–Kier alpha value is -5.09. The van der Waals surface area contributed by atoms with E-state index in [1.165, 1.54) is 18.5 Å². The number of furan rings is 2. The third kappa shape index (κ3) is 7.87. The van der Waals surface area contributed by atoms with Crippen molar-refractivity contribution in [3.63, 3.8) is 0 Å². The van der Waals surface area contributed by atoms with Gasteiger partial charge in [-0.05, 0) is 70.5 Å². The van der Waals surface area contributed by atoms with Gasteiger partial charge in [0.15, 0.2) is 0 Å². The van der Waals surface area contributed by atoms with Crippen LogP contribution in [0.15, 0.2) is 118 Å². The molecule has 1 radical (unpaired) electrons. The van der Waals surface area contributed by atoms with Gasteiger partial charge in [-0.25, -0.2) is 0 Å². The number of para-hydroxylation sites is 1. The van der Waals surface area contributed by atoms with Crippen molar-refractivity contribution in [1.82, 2.24) is 9.97 Å². The topological polar surface area (TPSA) is 52.1 Å². The first-order chi connectivity index (χ1) is 29.8. The Kier molecular flexibility index (Phi) is 7.43. The Morgan fingerprint density at radius 2 is 1.40 bits per heavy atom. The Balaban J connectivity index is 0.000000225. The summed E-state index contributed by atoms with van der Waals surface area (Å²) in [5.74, 6) is 0. The zero-order valence-electron chi connectivity index (χ0n) is 41.4. The van der Waals surface area contributed by atoms with E-state index < -0.39 is 37.3 Å². The van der Waals surface area contributed by atoms with Crippen molar-refractivity contribution < 1.29 is 42.6 Å². The van der Waals surface area contributed by atoms with Crippen molar-refractivity contribution in [3.05, 3.63) is 144 Å². The number of nitrogens with zero attached hydrogens (tertiary/aromatic N) is 2. The van der Waals surface area contributed by atoms with Gasteiger partial charge in [0.25, 0.3) is 0 Å². The molecule has 0 spiro atoms. The van der Waals surface area contributed by atoms with E-state index in [9.17, 15) is 0 Å². The molecule has 0 saturated carbocycles. The van der Waals surface area contributed by atoms with Crippen molar-refractivity contribution in [2.24, 2.45) is 10.8 Å². The fraction of sp³-hybridized carbons (Fsp3) is 0.240. The standard InChI is InChI=1S/C33H26NO2.C17H20N.Ir/c1-19-18-34-27(16-21(19)17-33(2,3)4)26-10-7-9-23-25-15-13-20-12-14-24-22-8-5-6-11-28(22)35-31(24)29(20)32(25)36-30(23)26;1-13-5-8-15(9-6-13)16-10-7-14(12-18-16)11-17(2,3)4;/h5-9,11-16,18H,17H2,1-4H3;5-8,10,12H,11H2,1-4H3;/q2*-1;/i1D3,17D2;1D3,11D2;. The number of fused-ring (bicyclic) bond motifs is 9. The van der Waals surface area contributed by atoms with Gasteiger partial charge in [0.2, 0.25) is 0 Å². The van der Waals surface area contributed by atoms with Crippen molar-refractivity contribution in [3.8, 4) is 22.5 Å². The van der Waals surface area contributed by atoms with Crippen molar-refractivity contribution in [1.29, 1.82) is 0 Å². The second-order valence-corrected chi connectivity index (χ2v) is 15.6. The van der Waals surface area contributed by atoms with E-state index in [2.05, 4.69) is 40.3 Å². The molecule has 279 valence electrons. The monoisotopic (exact) mass is 909 g/mol. The fourth-order valence-electron chi connectivity index (χ4n) is 6.72. The molecular formula is C50H46IrN2O2-2. The average Bonchev–Trinajstić information content (AvgIpc) is 3.81. The summed E-state index contributed by atoms with van der Waals surface area (Å²) >= 11 is 0. The van der Waals surface area contributed by atoms with Gasteiger partial charge in [-0.1, -0.05) is 120 Å². The van der Waals surface area contributed by atoms with Crippen LogP contribution in [0.25, 0.3) is 77.2 Å². The van der Waals surface area contributed by atoms with E-state index in [0.717, 1.165) is 43.5 Å². The molecule has 0 unspecified atom stereocenters. The van der Waals surface area contributed by atoms with E-state index >= 15 is 0 Å². The summed E-state index contributed by atoms with van der Waals surface area (Å²) in [6.07, 6.45) is -0.636. The molecule has 9 aromatic rings. The number of aromatic nitrogens is 2. The number of hydrogen-bond donors (Lipinski definition) is 0. The van der Waals surface area contributed by atoms with Crippen LogP contribution in [-0.4, -0.2) is 9.97 Å².